The molecule has 0 unspecified atom stereocenters. The normalized spacial score (nSPS) is 11.6. The third-order valence-corrected chi connectivity index (χ3v) is 4.44. The van der Waals surface area contributed by atoms with Crippen LogP contribution in [-0.2, 0) is 0 Å². The predicted molar refractivity (Wildman–Crippen MR) is 115 cm³/mol. The molecule has 4 rings (SSSR count). The Morgan fingerprint density at radius 2 is 0.893 bits per heavy atom. The lowest BCUT2D eigenvalue weighted by Crippen LogP contribution is -1.83. The van der Waals surface area contributed by atoms with Crippen LogP contribution in [0.1, 0.15) is 11.1 Å². The molecule has 0 amide bonds. The highest BCUT2D eigenvalue weighted by molar-refractivity contribution is 6.03. The summed E-state index contributed by atoms with van der Waals surface area (Å²) in [5, 5.41) is 21.8. The number of fused-ring (bicyclic) bond motifs is 1. The molecule has 0 radical (unpaired) electrons. The molecule has 0 atom stereocenters. The largest absolute Gasteiger partial charge is 0.507 e. The van der Waals surface area contributed by atoms with Crippen molar-refractivity contribution in [1.29, 1.82) is 0 Å². The first-order valence-electron chi connectivity index (χ1n) is 8.88. The fourth-order valence-electron chi connectivity index (χ4n) is 2.96. The van der Waals surface area contributed by atoms with Crippen molar-refractivity contribution in [3.63, 3.8) is 0 Å². The molecule has 0 aliphatic heterocycles. The van der Waals surface area contributed by atoms with E-state index < -0.39 is 0 Å². The van der Waals surface area contributed by atoms with Crippen LogP contribution >= 0.6 is 0 Å². The van der Waals surface area contributed by atoms with Crippen LogP contribution in [0.25, 0.3) is 10.8 Å². The number of benzene rings is 4. The molecule has 0 saturated carbocycles. The third kappa shape index (κ3) is 3.62. The highest BCUT2D eigenvalue weighted by Crippen LogP contribution is 2.33. The Labute approximate surface area is 162 Å². The van der Waals surface area contributed by atoms with E-state index in [2.05, 4.69) is 9.98 Å². The highest BCUT2D eigenvalue weighted by atomic mass is 16.3. The van der Waals surface area contributed by atoms with Crippen molar-refractivity contribution in [2.24, 2.45) is 9.98 Å². The molecule has 0 aliphatic carbocycles. The van der Waals surface area contributed by atoms with Gasteiger partial charge in [0.2, 0.25) is 0 Å². The van der Waals surface area contributed by atoms with Crippen molar-refractivity contribution in [3.8, 4) is 11.5 Å². The zero-order chi connectivity index (χ0) is 19.3. The van der Waals surface area contributed by atoms with Gasteiger partial charge in [-0.05, 0) is 36.4 Å². The van der Waals surface area contributed by atoms with Gasteiger partial charge in [-0.15, -0.1) is 0 Å². The Morgan fingerprint density at radius 1 is 0.500 bits per heavy atom. The van der Waals surface area contributed by atoms with Gasteiger partial charge in [-0.25, -0.2) is 0 Å². The van der Waals surface area contributed by atoms with Gasteiger partial charge in [0.05, 0.1) is 11.4 Å². The van der Waals surface area contributed by atoms with E-state index in [0.29, 0.717) is 11.1 Å². The summed E-state index contributed by atoms with van der Waals surface area (Å²) in [6.07, 6.45) is 3.31. The highest BCUT2D eigenvalue weighted by Gasteiger charge is 2.05. The maximum atomic E-state index is 9.92. The van der Waals surface area contributed by atoms with Gasteiger partial charge in [0.25, 0.3) is 0 Å². The average Bonchev–Trinajstić information content (AvgIpc) is 2.73. The fraction of sp³-hybridized carbons (Fsp3) is 0. The molecule has 28 heavy (non-hydrogen) atoms. The number of nitrogens with zero attached hydrogens (tertiary/aromatic N) is 2. The Bertz CT molecular complexity index is 1100. The Balaban J connectivity index is 1.73. The number of rotatable bonds is 4. The molecule has 4 aromatic rings. The van der Waals surface area contributed by atoms with Crippen molar-refractivity contribution >= 4 is 34.6 Å². The van der Waals surface area contributed by atoms with E-state index >= 15 is 0 Å². The molecule has 0 bridgehead atoms. The van der Waals surface area contributed by atoms with E-state index in [-0.39, 0.29) is 11.5 Å². The van der Waals surface area contributed by atoms with Crippen molar-refractivity contribution in [1.82, 2.24) is 0 Å². The van der Waals surface area contributed by atoms with Crippen molar-refractivity contribution in [3.05, 3.63) is 96.1 Å². The second-order valence-corrected chi connectivity index (χ2v) is 6.28. The van der Waals surface area contributed by atoms with Crippen LogP contribution in [0.15, 0.2) is 94.9 Å². The summed E-state index contributed by atoms with van der Waals surface area (Å²) in [6.45, 7) is 0. The maximum Gasteiger partial charge on any atom is 0.124 e. The van der Waals surface area contributed by atoms with E-state index in [1.807, 2.05) is 60.7 Å². The molecule has 2 N–H and O–H groups in total. The molecule has 4 nitrogen and oxygen atoms in total. The minimum atomic E-state index is 0.194. The first kappa shape index (κ1) is 17.5. The molecule has 136 valence electrons. The van der Waals surface area contributed by atoms with Gasteiger partial charge in [-0.2, -0.15) is 0 Å². The molecule has 4 heteroatoms. The lowest BCUT2D eigenvalue weighted by molar-refractivity contribution is 0.474. The summed E-state index contributed by atoms with van der Waals surface area (Å²) in [7, 11) is 0. The van der Waals surface area contributed by atoms with Gasteiger partial charge in [-0.3, -0.25) is 9.98 Å². The number of hydrogen-bond donors (Lipinski definition) is 2. The van der Waals surface area contributed by atoms with Gasteiger partial charge >= 0.3 is 0 Å². The molecule has 0 saturated heterocycles. The molecule has 0 aromatic heterocycles. The summed E-state index contributed by atoms with van der Waals surface area (Å²) in [5.74, 6) is 0.388. The van der Waals surface area contributed by atoms with E-state index in [1.165, 1.54) is 0 Å². The van der Waals surface area contributed by atoms with Crippen molar-refractivity contribution < 1.29 is 10.2 Å². The minimum absolute atomic E-state index is 0.194. The SMILES string of the molecule is Oc1ccccc1C=Nc1ccc(N=Cc2ccccc2O)c2ccccc12. The first-order chi connectivity index (χ1) is 13.7. The molecule has 0 spiro atoms. The number of phenols is 2. The van der Waals surface area contributed by atoms with E-state index in [1.54, 1.807) is 36.7 Å². The number of aliphatic imine (C=N–C) groups is 2. The second-order valence-electron chi connectivity index (χ2n) is 6.28. The maximum absolute atomic E-state index is 9.92. The van der Waals surface area contributed by atoms with Crippen molar-refractivity contribution in [2.45, 2.75) is 0 Å². The molecule has 0 heterocycles. The average molecular weight is 366 g/mol. The van der Waals surface area contributed by atoms with Crippen LogP contribution in [0.3, 0.4) is 0 Å². The van der Waals surface area contributed by atoms with Crippen LogP contribution in [0.4, 0.5) is 11.4 Å². The van der Waals surface area contributed by atoms with Crippen LogP contribution in [-0.4, -0.2) is 22.6 Å². The number of phenolic OH excluding ortho intramolecular Hbond substituents is 2. The quantitative estimate of drug-likeness (QED) is 0.452. The summed E-state index contributed by atoms with van der Waals surface area (Å²) in [6, 6.07) is 25.9. The van der Waals surface area contributed by atoms with Gasteiger partial charge in [0.15, 0.2) is 0 Å². The number of aromatic hydroxyl groups is 2. The molecular weight excluding hydrogens is 348 g/mol. The molecular formula is C24H18N2O2. The van der Waals surface area contributed by atoms with Crippen LogP contribution in [0.2, 0.25) is 0 Å². The standard InChI is InChI=1S/C24H18N2O2/c27-23-11-5-1-7-17(23)15-25-21-13-14-22(20-10-4-3-9-19(20)21)26-16-18-8-2-6-12-24(18)28/h1-16,27-28H. The smallest absolute Gasteiger partial charge is 0.124 e. The lowest BCUT2D eigenvalue weighted by atomic mass is 10.1. The van der Waals surface area contributed by atoms with E-state index in [9.17, 15) is 10.2 Å². The van der Waals surface area contributed by atoms with Gasteiger partial charge in [-0.1, -0.05) is 48.5 Å². The molecule has 0 fully saturated rings. The summed E-state index contributed by atoms with van der Waals surface area (Å²) in [4.78, 5) is 9.12. The number of hydrogen-bond acceptors (Lipinski definition) is 4. The van der Waals surface area contributed by atoms with Crippen LogP contribution < -0.4 is 0 Å². The first-order valence-corrected chi connectivity index (χ1v) is 8.88. The van der Waals surface area contributed by atoms with Gasteiger partial charge in [0, 0.05) is 34.3 Å². The zero-order valence-corrected chi connectivity index (χ0v) is 15.0. The van der Waals surface area contributed by atoms with Gasteiger partial charge < -0.3 is 10.2 Å². The van der Waals surface area contributed by atoms with Gasteiger partial charge in [0.1, 0.15) is 11.5 Å². The van der Waals surface area contributed by atoms with Crippen LogP contribution in [0, 0.1) is 0 Å². The zero-order valence-electron chi connectivity index (χ0n) is 15.0. The van der Waals surface area contributed by atoms with E-state index in [0.717, 1.165) is 22.1 Å². The van der Waals surface area contributed by atoms with Crippen LogP contribution in [0.5, 0.6) is 11.5 Å². The van der Waals surface area contributed by atoms with E-state index in [4.69, 9.17) is 0 Å². The lowest BCUT2D eigenvalue weighted by Gasteiger charge is -2.06. The minimum Gasteiger partial charge on any atom is -0.507 e. The fourth-order valence-corrected chi connectivity index (χ4v) is 2.96. The summed E-state index contributed by atoms with van der Waals surface area (Å²) in [5.41, 5.74) is 2.90. The molecule has 4 aromatic carbocycles. The third-order valence-electron chi connectivity index (χ3n) is 4.44. The van der Waals surface area contributed by atoms with Crippen molar-refractivity contribution in [2.75, 3.05) is 0 Å². The number of para-hydroxylation sites is 2. The molecule has 0 aliphatic rings. The predicted octanol–water partition coefficient (Wildman–Crippen LogP) is 5.75. The monoisotopic (exact) mass is 366 g/mol. The second kappa shape index (κ2) is 7.76. The topological polar surface area (TPSA) is 65.2 Å². The Morgan fingerprint density at radius 3 is 1.32 bits per heavy atom. The Kier molecular flexibility index (Phi) is 4.85. The summed E-state index contributed by atoms with van der Waals surface area (Å²) >= 11 is 0. The summed E-state index contributed by atoms with van der Waals surface area (Å²) < 4.78 is 0. The Hall–Kier alpha value is -3.92.